The Bertz CT molecular complexity index is 1060. The Hall–Kier alpha value is -3.01. The number of likely N-dealkylation sites (tertiary alicyclic amines) is 1. The molecule has 0 spiro atoms. The maximum absolute atomic E-state index is 12.9. The number of carbonyl (C=O) groups is 2. The van der Waals surface area contributed by atoms with E-state index < -0.39 is 15.6 Å². The van der Waals surface area contributed by atoms with Gasteiger partial charge in [-0.3, -0.25) is 9.52 Å². The first kappa shape index (κ1) is 23.6. The Morgan fingerprint density at radius 3 is 2.19 bits per heavy atom. The van der Waals surface area contributed by atoms with Gasteiger partial charge in [0, 0.05) is 36.7 Å². The number of amides is 2. The lowest BCUT2D eigenvalue weighted by Gasteiger charge is -2.34. The fourth-order valence-electron chi connectivity index (χ4n) is 3.59. The molecule has 1 aliphatic rings. The zero-order valence-corrected chi connectivity index (χ0v) is 19.6. The Morgan fingerprint density at radius 2 is 1.62 bits per heavy atom. The van der Waals surface area contributed by atoms with E-state index in [2.05, 4.69) is 10.0 Å². The number of sulfonamides is 1. The molecule has 0 unspecified atom stereocenters. The summed E-state index contributed by atoms with van der Waals surface area (Å²) >= 11 is 0. The Kier molecular flexibility index (Phi) is 6.82. The molecule has 0 aliphatic carbocycles. The van der Waals surface area contributed by atoms with Crippen LogP contribution in [0.3, 0.4) is 0 Å². The average Bonchev–Trinajstić information content (AvgIpc) is 3.17. The summed E-state index contributed by atoms with van der Waals surface area (Å²) in [5, 5.41) is 2.85. The van der Waals surface area contributed by atoms with Crippen LogP contribution >= 0.6 is 0 Å². The van der Waals surface area contributed by atoms with E-state index in [0.717, 1.165) is 19.1 Å². The van der Waals surface area contributed by atoms with Gasteiger partial charge in [0.2, 0.25) is 10.0 Å². The molecule has 0 saturated carbocycles. The first-order valence-corrected chi connectivity index (χ1v) is 12.3. The summed E-state index contributed by atoms with van der Waals surface area (Å²) in [6.45, 7) is 6.66. The lowest BCUT2D eigenvalue weighted by atomic mass is 10.0. The summed E-state index contributed by atoms with van der Waals surface area (Å²) in [6.07, 6.45) is 4.09. The topological polar surface area (TPSA) is 110 Å². The van der Waals surface area contributed by atoms with E-state index in [1.807, 2.05) is 37.6 Å². The summed E-state index contributed by atoms with van der Waals surface area (Å²) < 4.78 is 32.4. The van der Waals surface area contributed by atoms with Gasteiger partial charge in [0.05, 0.1) is 6.26 Å². The van der Waals surface area contributed by atoms with Crippen molar-refractivity contribution >= 4 is 33.4 Å². The van der Waals surface area contributed by atoms with Crippen molar-refractivity contribution < 1.29 is 22.7 Å². The molecule has 1 aliphatic heterocycles. The van der Waals surface area contributed by atoms with Crippen LogP contribution in [0.15, 0.2) is 42.6 Å². The maximum atomic E-state index is 12.9. The number of ether oxygens (including phenoxy) is 1. The van der Waals surface area contributed by atoms with Crippen LogP contribution < -0.4 is 10.0 Å². The number of carbonyl (C=O) groups excluding carboxylic acids is 2. The second-order valence-corrected chi connectivity index (χ2v) is 10.7. The van der Waals surface area contributed by atoms with Crippen molar-refractivity contribution in [2.75, 3.05) is 29.4 Å². The molecule has 1 saturated heterocycles. The van der Waals surface area contributed by atoms with E-state index in [1.165, 1.54) is 0 Å². The third-order valence-electron chi connectivity index (χ3n) is 4.97. The summed E-state index contributed by atoms with van der Waals surface area (Å²) in [4.78, 5) is 26.8. The van der Waals surface area contributed by atoms with Crippen LogP contribution in [0.4, 0.5) is 16.2 Å². The van der Waals surface area contributed by atoms with Gasteiger partial charge in [0.25, 0.3) is 5.91 Å². The maximum Gasteiger partial charge on any atom is 0.410 e. The fourth-order valence-corrected chi connectivity index (χ4v) is 4.15. The molecular weight excluding hydrogens is 432 g/mol. The van der Waals surface area contributed by atoms with Crippen molar-refractivity contribution in [3.63, 3.8) is 0 Å². The zero-order chi connectivity index (χ0) is 23.5. The van der Waals surface area contributed by atoms with Gasteiger partial charge in [0.1, 0.15) is 11.3 Å². The normalized spacial score (nSPS) is 15.3. The largest absolute Gasteiger partial charge is 0.444 e. The highest BCUT2D eigenvalue weighted by molar-refractivity contribution is 7.92. The fraction of sp³-hybridized carbons (Fsp3) is 0.455. The van der Waals surface area contributed by atoms with Crippen molar-refractivity contribution in [3.05, 3.63) is 48.3 Å². The average molecular weight is 463 g/mol. The number of hydrogen-bond donors (Lipinski definition) is 2. The lowest BCUT2D eigenvalue weighted by molar-refractivity contribution is 0.0187. The number of piperidine rings is 1. The minimum Gasteiger partial charge on any atom is -0.444 e. The van der Waals surface area contributed by atoms with E-state index in [9.17, 15) is 18.0 Å². The lowest BCUT2D eigenvalue weighted by Crippen LogP contribution is -2.42. The van der Waals surface area contributed by atoms with E-state index in [-0.39, 0.29) is 18.0 Å². The SMILES string of the molecule is CC(C)(C)OC(=O)N1CCC(n2cccc2C(=O)Nc2ccc(NS(C)(=O)=O)cc2)CC1. The third kappa shape index (κ3) is 6.49. The first-order chi connectivity index (χ1) is 14.9. The van der Waals surface area contributed by atoms with Crippen molar-refractivity contribution in [3.8, 4) is 0 Å². The standard InChI is InChI=1S/C22H30N4O5S/c1-22(2,3)31-21(28)25-14-11-18(12-15-25)26-13-5-6-19(26)20(27)23-16-7-9-17(10-8-16)24-32(4,29)30/h5-10,13,18,24H,11-12,14-15H2,1-4H3,(H,23,27). The molecule has 1 aromatic carbocycles. The highest BCUT2D eigenvalue weighted by Crippen LogP contribution is 2.26. The van der Waals surface area contributed by atoms with Crippen molar-refractivity contribution in [2.24, 2.45) is 0 Å². The minimum absolute atomic E-state index is 0.103. The summed E-state index contributed by atoms with van der Waals surface area (Å²) in [5.74, 6) is -0.256. The third-order valence-corrected chi connectivity index (χ3v) is 5.57. The van der Waals surface area contributed by atoms with Crippen LogP contribution in [-0.2, 0) is 14.8 Å². The summed E-state index contributed by atoms with van der Waals surface area (Å²) in [5.41, 5.74) is 0.977. The van der Waals surface area contributed by atoms with Gasteiger partial charge in [0.15, 0.2) is 0 Å². The molecule has 1 aromatic heterocycles. The number of hydrogen-bond acceptors (Lipinski definition) is 5. The quantitative estimate of drug-likeness (QED) is 0.704. The molecule has 3 rings (SSSR count). The van der Waals surface area contributed by atoms with Gasteiger partial charge in [-0.1, -0.05) is 0 Å². The Balaban J connectivity index is 1.61. The highest BCUT2D eigenvalue weighted by atomic mass is 32.2. The number of rotatable bonds is 5. The second kappa shape index (κ2) is 9.23. The van der Waals surface area contributed by atoms with E-state index in [4.69, 9.17) is 4.74 Å². The molecular formula is C22H30N4O5S. The molecule has 1 fully saturated rings. The highest BCUT2D eigenvalue weighted by Gasteiger charge is 2.28. The number of benzene rings is 1. The van der Waals surface area contributed by atoms with Crippen LogP contribution in [0.25, 0.3) is 0 Å². The van der Waals surface area contributed by atoms with Crippen LogP contribution in [0.5, 0.6) is 0 Å². The number of anilines is 2. The molecule has 174 valence electrons. The van der Waals surface area contributed by atoms with Crippen molar-refractivity contribution in [1.82, 2.24) is 9.47 Å². The molecule has 0 atom stereocenters. The van der Waals surface area contributed by atoms with Gasteiger partial charge in [-0.25, -0.2) is 13.2 Å². The first-order valence-electron chi connectivity index (χ1n) is 10.5. The van der Waals surface area contributed by atoms with Gasteiger partial charge in [-0.2, -0.15) is 0 Å². The monoisotopic (exact) mass is 462 g/mol. The van der Waals surface area contributed by atoms with Crippen LogP contribution in [0.2, 0.25) is 0 Å². The summed E-state index contributed by atoms with van der Waals surface area (Å²) in [7, 11) is -3.36. The molecule has 9 nitrogen and oxygen atoms in total. The molecule has 10 heteroatoms. The van der Waals surface area contributed by atoms with Gasteiger partial charge in [-0.05, 0) is 70.0 Å². The molecule has 2 N–H and O–H groups in total. The second-order valence-electron chi connectivity index (χ2n) is 8.90. The van der Waals surface area contributed by atoms with Gasteiger partial charge >= 0.3 is 6.09 Å². The van der Waals surface area contributed by atoms with E-state index in [0.29, 0.717) is 30.2 Å². The van der Waals surface area contributed by atoms with Crippen LogP contribution in [0, 0.1) is 0 Å². The Morgan fingerprint density at radius 1 is 1.03 bits per heavy atom. The van der Waals surface area contributed by atoms with Gasteiger partial charge in [-0.15, -0.1) is 0 Å². The number of nitrogens with zero attached hydrogens (tertiary/aromatic N) is 2. The minimum atomic E-state index is -3.36. The number of aromatic nitrogens is 1. The van der Waals surface area contributed by atoms with Crippen LogP contribution in [0.1, 0.15) is 50.1 Å². The van der Waals surface area contributed by atoms with Crippen molar-refractivity contribution in [1.29, 1.82) is 0 Å². The van der Waals surface area contributed by atoms with Gasteiger partial charge < -0.3 is 19.5 Å². The summed E-state index contributed by atoms with van der Waals surface area (Å²) in [6, 6.07) is 10.1. The molecule has 2 amide bonds. The molecule has 2 heterocycles. The molecule has 2 aromatic rings. The predicted molar refractivity (Wildman–Crippen MR) is 123 cm³/mol. The molecule has 0 bridgehead atoms. The number of nitrogens with one attached hydrogen (secondary N) is 2. The zero-order valence-electron chi connectivity index (χ0n) is 18.8. The van der Waals surface area contributed by atoms with Crippen molar-refractivity contribution in [2.45, 2.75) is 45.3 Å². The van der Waals surface area contributed by atoms with E-state index >= 15 is 0 Å². The Labute approximate surface area is 188 Å². The van der Waals surface area contributed by atoms with E-state index in [1.54, 1.807) is 35.2 Å². The van der Waals surface area contributed by atoms with Crippen LogP contribution in [-0.4, -0.2) is 54.8 Å². The predicted octanol–water partition coefficient (Wildman–Crippen LogP) is 3.68. The smallest absolute Gasteiger partial charge is 0.410 e. The molecule has 32 heavy (non-hydrogen) atoms. The molecule has 0 radical (unpaired) electrons.